The standard InChI is InChI=1S/C10H17NO2/c1-2-11(7-3-4-7)9-6-5-8(9)10(12)13/h7-9H,2-6H2,1H3,(H,12,13). The van der Waals surface area contributed by atoms with E-state index in [0.717, 1.165) is 19.4 Å². The molecule has 0 saturated heterocycles. The SMILES string of the molecule is CCN(C1CC1)C1CCC1C(=O)O. The lowest BCUT2D eigenvalue weighted by molar-refractivity contribution is -0.149. The zero-order valence-corrected chi connectivity index (χ0v) is 8.07. The Hall–Kier alpha value is -0.570. The minimum absolute atomic E-state index is 0.0828. The Bertz CT molecular complexity index is 213. The molecule has 2 aliphatic rings. The first-order valence-corrected chi connectivity index (χ1v) is 5.22. The third-order valence-corrected chi connectivity index (χ3v) is 3.36. The van der Waals surface area contributed by atoms with E-state index in [-0.39, 0.29) is 5.92 Å². The van der Waals surface area contributed by atoms with Crippen LogP contribution in [0.3, 0.4) is 0 Å². The molecule has 13 heavy (non-hydrogen) atoms. The second kappa shape index (κ2) is 3.29. The number of rotatable bonds is 4. The first-order chi connectivity index (χ1) is 6.24. The topological polar surface area (TPSA) is 40.5 Å². The zero-order chi connectivity index (χ0) is 9.42. The van der Waals surface area contributed by atoms with Crippen LogP contribution < -0.4 is 0 Å². The Labute approximate surface area is 78.7 Å². The summed E-state index contributed by atoms with van der Waals surface area (Å²) >= 11 is 0. The highest BCUT2D eigenvalue weighted by Gasteiger charge is 2.44. The predicted molar refractivity (Wildman–Crippen MR) is 49.5 cm³/mol. The van der Waals surface area contributed by atoms with Gasteiger partial charge in [-0.3, -0.25) is 9.69 Å². The molecule has 0 aromatic rings. The van der Waals surface area contributed by atoms with E-state index in [9.17, 15) is 4.79 Å². The van der Waals surface area contributed by atoms with Crippen molar-refractivity contribution in [2.45, 2.75) is 44.7 Å². The van der Waals surface area contributed by atoms with Crippen LogP contribution in [0.2, 0.25) is 0 Å². The first-order valence-electron chi connectivity index (χ1n) is 5.22. The summed E-state index contributed by atoms with van der Waals surface area (Å²) in [4.78, 5) is 13.2. The number of carboxylic acid groups (broad SMARTS) is 1. The van der Waals surface area contributed by atoms with Gasteiger partial charge in [0.15, 0.2) is 0 Å². The van der Waals surface area contributed by atoms with Gasteiger partial charge >= 0.3 is 5.97 Å². The molecule has 2 rings (SSSR count). The van der Waals surface area contributed by atoms with Crippen molar-refractivity contribution in [1.82, 2.24) is 4.90 Å². The average Bonchev–Trinajstić information content (AvgIpc) is 2.78. The molecule has 2 aliphatic carbocycles. The van der Waals surface area contributed by atoms with Crippen molar-refractivity contribution in [3.63, 3.8) is 0 Å². The van der Waals surface area contributed by atoms with Crippen molar-refractivity contribution in [3.8, 4) is 0 Å². The molecule has 2 unspecified atom stereocenters. The molecular weight excluding hydrogens is 166 g/mol. The van der Waals surface area contributed by atoms with Gasteiger partial charge in [0.05, 0.1) is 5.92 Å². The molecule has 74 valence electrons. The number of hydrogen-bond donors (Lipinski definition) is 1. The van der Waals surface area contributed by atoms with Gasteiger partial charge in [0.1, 0.15) is 0 Å². The molecule has 0 radical (unpaired) electrons. The van der Waals surface area contributed by atoms with Crippen LogP contribution in [0.15, 0.2) is 0 Å². The molecule has 2 fully saturated rings. The monoisotopic (exact) mass is 183 g/mol. The second-order valence-corrected chi connectivity index (χ2v) is 4.15. The van der Waals surface area contributed by atoms with E-state index in [1.807, 2.05) is 0 Å². The summed E-state index contributed by atoms with van der Waals surface area (Å²) in [6.45, 7) is 3.15. The maximum absolute atomic E-state index is 10.8. The van der Waals surface area contributed by atoms with Gasteiger partial charge in [0, 0.05) is 12.1 Å². The Balaban J connectivity index is 1.94. The van der Waals surface area contributed by atoms with Crippen LogP contribution in [0.1, 0.15) is 32.6 Å². The molecule has 1 N–H and O–H groups in total. The van der Waals surface area contributed by atoms with E-state index >= 15 is 0 Å². The van der Waals surface area contributed by atoms with E-state index < -0.39 is 5.97 Å². The van der Waals surface area contributed by atoms with Crippen LogP contribution >= 0.6 is 0 Å². The Kier molecular flexibility index (Phi) is 2.28. The van der Waals surface area contributed by atoms with Gasteiger partial charge in [0.25, 0.3) is 0 Å². The van der Waals surface area contributed by atoms with Gasteiger partial charge in [-0.25, -0.2) is 0 Å². The lowest BCUT2D eigenvalue weighted by Crippen LogP contribution is -2.51. The minimum atomic E-state index is -0.602. The van der Waals surface area contributed by atoms with E-state index in [1.54, 1.807) is 0 Å². The van der Waals surface area contributed by atoms with Crippen molar-refractivity contribution < 1.29 is 9.90 Å². The lowest BCUT2D eigenvalue weighted by atomic mass is 9.78. The number of nitrogens with zero attached hydrogens (tertiary/aromatic N) is 1. The van der Waals surface area contributed by atoms with Crippen LogP contribution in [0.5, 0.6) is 0 Å². The van der Waals surface area contributed by atoms with Crippen LogP contribution in [-0.2, 0) is 4.79 Å². The van der Waals surface area contributed by atoms with Crippen molar-refractivity contribution in [1.29, 1.82) is 0 Å². The van der Waals surface area contributed by atoms with E-state index in [0.29, 0.717) is 12.1 Å². The quantitative estimate of drug-likeness (QED) is 0.715. The molecule has 0 aliphatic heterocycles. The summed E-state index contributed by atoms with van der Waals surface area (Å²) in [5.74, 6) is -0.684. The number of carbonyl (C=O) groups is 1. The van der Waals surface area contributed by atoms with Crippen LogP contribution in [0.25, 0.3) is 0 Å². The fraction of sp³-hybridized carbons (Fsp3) is 0.900. The minimum Gasteiger partial charge on any atom is -0.481 e. The molecule has 0 heterocycles. The van der Waals surface area contributed by atoms with E-state index in [4.69, 9.17) is 5.11 Å². The number of aliphatic carboxylic acids is 1. The van der Waals surface area contributed by atoms with Crippen molar-refractivity contribution >= 4 is 5.97 Å². The molecule has 3 nitrogen and oxygen atoms in total. The predicted octanol–water partition coefficient (Wildman–Crippen LogP) is 1.33. The summed E-state index contributed by atoms with van der Waals surface area (Å²) in [7, 11) is 0. The van der Waals surface area contributed by atoms with Gasteiger partial charge in [-0.05, 0) is 32.2 Å². The summed E-state index contributed by atoms with van der Waals surface area (Å²) in [6.07, 6.45) is 4.51. The molecule has 3 heteroatoms. The van der Waals surface area contributed by atoms with Gasteiger partial charge in [-0.1, -0.05) is 6.92 Å². The molecule has 2 saturated carbocycles. The van der Waals surface area contributed by atoms with Gasteiger partial charge in [-0.2, -0.15) is 0 Å². The lowest BCUT2D eigenvalue weighted by Gasteiger charge is -2.42. The average molecular weight is 183 g/mol. The fourth-order valence-electron chi connectivity index (χ4n) is 2.34. The molecule has 2 atom stereocenters. The van der Waals surface area contributed by atoms with E-state index in [2.05, 4.69) is 11.8 Å². The highest BCUT2D eigenvalue weighted by atomic mass is 16.4. The van der Waals surface area contributed by atoms with Crippen LogP contribution in [-0.4, -0.2) is 34.6 Å². The number of hydrogen-bond acceptors (Lipinski definition) is 2. The van der Waals surface area contributed by atoms with E-state index in [1.165, 1.54) is 12.8 Å². The highest BCUT2D eigenvalue weighted by Crippen LogP contribution is 2.38. The van der Waals surface area contributed by atoms with Gasteiger partial charge in [0.2, 0.25) is 0 Å². The van der Waals surface area contributed by atoms with Crippen LogP contribution in [0, 0.1) is 5.92 Å². The van der Waals surface area contributed by atoms with Gasteiger partial charge in [-0.15, -0.1) is 0 Å². The Morgan fingerprint density at radius 2 is 2.08 bits per heavy atom. The molecule has 0 bridgehead atoms. The molecule has 0 aromatic heterocycles. The summed E-state index contributed by atoms with van der Waals surface area (Å²) < 4.78 is 0. The second-order valence-electron chi connectivity index (χ2n) is 4.15. The third-order valence-electron chi connectivity index (χ3n) is 3.36. The molecule has 0 aromatic carbocycles. The smallest absolute Gasteiger partial charge is 0.308 e. The Morgan fingerprint density at radius 1 is 1.38 bits per heavy atom. The zero-order valence-electron chi connectivity index (χ0n) is 8.07. The van der Waals surface area contributed by atoms with Crippen molar-refractivity contribution in [3.05, 3.63) is 0 Å². The molecule has 0 spiro atoms. The summed E-state index contributed by atoms with van der Waals surface area (Å²) in [5, 5.41) is 8.92. The molecular formula is C10H17NO2. The Morgan fingerprint density at radius 3 is 2.38 bits per heavy atom. The fourth-order valence-corrected chi connectivity index (χ4v) is 2.34. The van der Waals surface area contributed by atoms with Crippen LogP contribution in [0.4, 0.5) is 0 Å². The van der Waals surface area contributed by atoms with Crippen molar-refractivity contribution in [2.24, 2.45) is 5.92 Å². The first kappa shape index (κ1) is 9.00. The highest BCUT2D eigenvalue weighted by molar-refractivity contribution is 5.72. The largest absolute Gasteiger partial charge is 0.481 e. The summed E-state index contributed by atoms with van der Waals surface area (Å²) in [5.41, 5.74) is 0. The maximum Gasteiger partial charge on any atom is 0.308 e. The van der Waals surface area contributed by atoms with Gasteiger partial charge < -0.3 is 5.11 Å². The maximum atomic E-state index is 10.8. The van der Waals surface area contributed by atoms with Crippen molar-refractivity contribution in [2.75, 3.05) is 6.54 Å². The summed E-state index contributed by atoms with van der Waals surface area (Å²) in [6, 6.07) is 1.05. The molecule has 0 amide bonds. The third kappa shape index (κ3) is 1.57. The number of carboxylic acids is 1. The normalized spacial score (nSPS) is 33.1.